The molecule has 0 bridgehead atoms. The quantitative estimate of drug-likeness (QED) is 0.316. The Labute approximate surface area is 171 Å². The van der Waals surface area contributed by atoms with E-state index in [0.717, 1.165) is 5.39 Å². The molecular weight excluding hydrogens is 348 g/mol. The molecule has 29 heavy (non-hydrogen) atoms. The predicted octanol–water partition coefficient (Wildman–Crippen LogP) is 6.80. The molecule has 0 atom stereocenters. The van der Waals surface area contributed by atoms with Gasteiger partial charge in [0.1, 0.15) is 0 Å². The van der Waals surface area contributed by atoms with Gasteiger partial charge >= 0.3 is 0 Å². The summed E-state index contributed by atoms with van der Waals surface area (Å²) in [5.74, 6) is 0. The maximum atomic E-state index is 3.57. The average Bonchev–Trinajstić information content (AvgIpc) is 3.12. The zero-order valence-electron chi connectivity index (χ0n) is 15.9. The van der Waals surface area contributed by atoms with Crippen LogP contribution >= 0.6 is 0 Å². The molecule has 134 valence electrons. The molecule has 5 aromatic rings. The van der Waals surface area contributed by atoms with Crippen molar-refractivity contribution in [2.45, 2.75) is 5.41 Å². The Balaban J connectivity index is 1.85. The van der Waals surface area contributed by atoms with Gasteiger partial charge in [-0.05, 0) is 68.4 Å². The molecule has 0 saturated carbocycles. The van der Waals surface area contributed by atoms with E-state index >= 15 is 0 Å². The lowest BCUT2D eigenvalue weighted by molar-refractivity contribution is 0.769. The molecule has 5 aromatic carbocycles. The Morgan fingerprint density at radius 3 is 1.97 bits per heavy atom. The fourth-order valence-electron chi connectivity index (χ4n) is 5.05. The van der Waals surface area contributed by atoms with Crippen molar-refractivity contribution >= 4 is 10.8 Å². The summed E-state index contributed by atoms with van der Waals surface area (Å²) < 4.78 is 0. The normalized spacial score (nSPS) is 13.8. The zero-order valence-corrected chi connectivity index (χ0v) is 15.9. The van der Waals surface area contributed by atoms with E-state index in [0.29, 0.717) is 0 Å². The van der Waals surface area contributed by atoms with Crippen molar-refractivity contribution in [1.82, 2.24) is 0 Å². The van der Waals surface area contributed by atoms with E-state index in [4.69, 9.17) is 0 Å². The second-order valence-corrected chi connectivity index (χ2v) is 7.58. The van der Waals surface area contributed by atoms with E-state index in [1.807, 2.05) is 6.07 Å². The standard InChI is InChI=1S/C29H18/c1-3-12-22(13-4-1)29(23-14-5-2-6-15-23)26-18-10-9-17-25(26)28-24-16-8-7-11-21(24)19-20-27(28)29/h1-9,11-18,20H. The van der Waals surface area contributed by atoms with Gasteiger partial charge in [-0.2, -0.15) is 0 Å². The van der Waals surface area contributed by atoms with Crippen LogP contribution in [0.15, 0.2) is 109 Å². The van der Waals surface area contributed by atoms with Crippen LogP contribution in [0.5, 0.6) is 0 Å². The van der Waals surface area contributed by atoms with E-state index in [9.17, 15) is 0 Å². The molecule has 0 nitrogen and oxygen atoms in total. The zero-order chi connectivity index (χ0) is 19.3. The number of rotatable bonds is 2. The van der Waals surface area contributed by atoms with Gasteiger partial charge < -0.3 is 0 Å². The Hall–Kier alpha value is -3.64. The maximum absolute atomic E-state index is 3.57. The first-order chi connectivity index (χ1) is 14.4. The minimum Gasteiger partial charge on any atom is -0.0622 e. The molecule has 0 fully saturated rings. The second kappa shape index (κ2) is 6.18. The third-order valence-electron chi connectivity index (χ3n) is 6.19. The molecule has 1 aliphatic carbocycles. The van der Waals surface area contributed by atoms with Gasteiger partial charge in [-0.3, -0.25) is 0 Å². The summed E-state index contributed by atoms with van der Waals surface area (Å²) in [5, 5.41) is 2.41. The highest BCUT2D eigenvalue weighted by Gasteiger charge is 2.46. The minimum atomic E-state index is -0.370. The topological polar surface area (TPSA) is 0 Å². The Bertz CT molecular complexity index is 1290. The average molecular weight is 366 g/mol. The van der Waals surface area contributed by atoms with Crippen LogP contribution in [0.25, 0.3) is 21.9 Å². The van der Waals surface area contributed by atoms with Gasteiger partial charge in [-0.25, -0.2) is 0 Å². The van der Waals surface area contributed by atoms with Gasteiger partial charge in [0, 0.05) is 0 Å². The fraction of sp³-hybridized carbons (Fsp3) is 0.0345. The highest BCUT2D eigenvalue weighted by molar-refractivity contribution is 6.03. The van der Waals surface area contributed by atoms with E-state index in [2.05, 4.69) is 115 Å². The van der Waals surface area contributed by atoms with E-state index in [1.54, 1.807) is 0 Å². The first-order valence-electron chi connectivity index (χ1n) is 9.96. The smallest absolute Gasteiger partial charge is 0.0622 e. The monoisotopic (exact) mass is 366 g/mol. The second-order valence-electron chi connectivity index (χ2n) is 7.58. The lowest BCUT2D eigenvalue weighted by Gasteiger charge is -2.33. The van der Waals surface area contributed by atoms with E-state index in [1.165, 1.54) is 38.8 Å². The molecule has 6 rings (SSSR count). The van der Waals surface area contributed by atoms with Crippen LogP contribution in [-0.2, 0) is 5.41 Å². The van der Waals surface area contributed by atoms with Crippen LogP contribution in [0.3, 0.4) is 0 Å². The van der Waals surface area contributed by atoms with Crippen molar-refractivity contribution < 1.29 is 0 Å². The van der Waals surface area contributed by atoms with Gasteiger partial charge in [-0.1, -0.05) is 97.1 Å². The SMILES string of the molecule is [c]1ccc2c(c1)C(c1ccccc1)(c1ccccc1)c1c[c]c3ccccc3c1-2. The van der Waals surface area contributed by atoms with Crippen molar-refractivity contribution in [2.75, 3.05) is 0 Å². The van der Waals surface area contributed by atoms with Crippen molar-refractivity contribution in [3.63, 3.8) is 0 Å². The van der Waals surface area contributed by atoms with Gasteiger partial charge in [0.2, 0.25) is 0 Å². The highest BCUT2D eigenvalue weighted by atomic mass is 14.5. The Morgan fingerprint density at radius 2 is 1.24 bits per heavy atom. The summed E-state index contributed by atoms with van der Waals surface area (Å²) >= 11 is 0. The van der Waals surface area contributed by atoms with Crippen molar-refractivity contribution in [3.05, 3.63) is 144 Å². The third-order valence-corrected chi connectivity index (χ3v) is 6.19. The van der Waals surface area contributed by atoms with Crippen molar-refractivity contribution in [1.29, 1.82) is 0 Å². The van der Waals surface area contributed by atoms with Gasteiger partial charge in [-0.15, -0.1) is 0 Å². The van der Waals surface area contributed by atoms with Gasteiger partial charge in [0.05, 0.1) is 5.41 Å². The number of hydrogen-bond acceptors (Lipinski definition) is 0. The van der Waals surface area contributed by atoms with Crippen LogP contribution < -0.4 is 0 Å². The maximum Gasteiger partial charge on any atom is 0.0714 e. The molecule has 0 aliphatic heterocycles. The van der Waals surface area contributed by atoms with Crippen LogP contribution in [0.2, 0.25) is 0 Å². The first-order valence-corrected chi connectivity index (χ1v) is 9.96. The highest BCUT2D eigenvalue weighted by Crippen LogP contribution is 2.57. The largest absolute Gasteiger partial charge is 0.0714 e. The molecule has 0 heterocycles. The third kappa shape index (κ3) is 2.14. The minimum absolute atomic E-state index is 0.370. The first kappa shape index (κ1) is 16.3. The Kier molecular flexibility index (Phi) is 3.48. The fourth-order valence-corrected chi connectivity index (χ4v) is 5.05. The van der Waals surface area contributed by atoms with Crippen LogP contribution in [0.4, 0.5) is 0 Å². The molecule has 0 unspecified atom stereocenters. The molecule has 2 radical (unpaired) electrons. The van der Waals surface area contributed by atoms with Gasteiger partial charge in [0.25, 0.3) is 0 Å². The lowest BCUT2D eigenvalue weighted by Crippen LogP contribution is -2.28. The number of benzene rings is 5. The molecule has 0 spiro atoms. The Morgan fingerprint density at radius 1 is 0.586 bits per heavy atom. The molecule has 1 aliphatic rings. The van der Waals surface area contributed by atoms with Crippen LogP contribution in [0, 0.1) is 12.1 Å². The molecular formula is C29H18. The summed E-state index contributed by atoms with van der Waals surface area (Å²) in [6, 6.07) is 45.8. The van der Waals surface area contributed by atoms with Gasteiger partial charge in [0.15, 0.2) is 0 Å². The predicted molar refractivity (Wildman–Crippen MR) is 119 cm³/mol. The summed E-state index contributed by atoms with van der Waals surface area (Å²) in [4.78, 5) is 0. The number of fused-ring (bicyclic) bond motifs is 5. The summed E-state index contributed by atoms with van der Waals surface area (Å²) in [6.07, 6.45) is 0. The van der Waals surface area contributed by atoms with Crippen LogP contribution in [-0.4, -0.2) is 0 Å². The van der Waals surface area contributed by atoms with Crippen LogP contribution in [0.1, 0.15) is 22.3 Å². The number of hydrogen-bond donors (Lipinski definition) is 0. The summed E-state index contributed by atoms with van der Waals surface area (Å²) in [6.45, 7) is 0. The van der Waals surface area contributed by atoms with Crippen molar-refractivity contribution in [3.8, 4) is 11.1 Å². The van der Waals surface area contributed by atoms with Crippen molar-refractivity contribution in [2.24, 2.45) is 0 Å². The van der Waals surface area contributed by atoms with E-state index < -0.39 is 0 Å². The molecule has 0 saturated heterocycles. The summed E-state index contributed by atoms with van der Waals surface area (Å²) in [7, 11) is 0. The molecule has 0 N–H and O–H groups in total. The van der Waals surface area contributed by atoms with E-state index in [-0.39, 0.29) is 5.41 Å². The summed E-state index contributed by atoms with van der Waals surface area (Å²) in [5.41, 5.74) is 7.36. The lowest BCUT2D eigenvalue weighted by atomic mass is 9.67. The molecule has 0 aromatic heterocycles. The molecule has 0 heteroatoms. The molecule has 0 amide bonds.